The van der Waals surface area contributed by atoms with Gasteiger partial charge in [-0.2, -0.15) is 0 Å². The van der Waals surface area contributed by atoms with E-state index in [1.54, 1.807) is 4.90 Å². The summed E-state index contributed by atoms with van der Waals surface area (Å²) in [4.78, 5) is 30.6. The number of urea groups is 1. The van der Waals surface area contributed by atoms with Crippen LogP contribution in [0.25, 0.3) is 0 Å². The molecule has 1 aromatic carbocycles. The van der Waals surface area contributed by atoms with E-state index in [0.29, 0.717) is 19.6 Å². The summed E-state index contributed by atoms with van der Waals surface area (Å²) in [6, 6.07) is 10.3. The molecule has 6 heteroatoms. The molecule has 25 heavy (non-hydrogen) atoms. The number of likely N-dealkylation sites (N-methyl/N-ethyl adjacent to an activating group) is 1. The molecule has 1 atom stereocenters. The van der Waals surface area contributed by atoms with Gasteiger partial charge >= 0.3 is 6.03 Å². The molecule has 0 aliphatic carbocycles. The summed E-state index contributed by atoms with van der Waals surface area (Å²) in [5.41, 5.74) is 1.23. The van der Waals surface area contributed by atoms with E-state index in [9.17, 15) is 9.59 Å². The molecule has 2 fully saturated rings. The van der Waals surface area contributed by atoms with Crippen molar-refractivity contribution < 1.29 is 9.59 Å². The average Bonchev–Trinajstić information content (AvgIpc) is 2.61. The molecule has 1 unspecified atom stereocenters. The van der Waals surface area contributed by atoms with Crippen molar-refractivity contribution in [1.82, 2.24) is 20.0 Å². The number of piperazine rings is 1. The molecule has 0 bridgehead atoms. The van der Waals surface area contributed by atoms with Gasteiger partial charge in [-0.1, -0.05) is 30.3 Å². The molecule has 0 saturated carbocycles. The number of nitrogens with one attached hydrogen (secondary N) is 1. The standard InChI is InChI=1S/C19H28N4O2/c1-21-10-5-8-17(14-21)20-19(25)23-13-12-22(18(24)15-23)11-9-16-6-3-2-4-7-16/h2-4,6-7,17H,5,8-15H2,1H3,(H,20,25). The highest BCUT2D eigenvalue weighted by atomic mass is 16.2. The number of benzene rings is 1. The van der Waals surface area contributed by atoms with Crippen LogP contribution in [0.3, 0.4) is 0 Å². The molecule has 1 N–H and O–H groups in total. The predicted molar refractivity (Wildman–Crippen MR) is 97.3 cm³/mol. The molecule has 0 aromatic heterocycles. The van der Waals surface area contributed by atoms with Gasteiger partial charge in [-0.05, 0) is 38.4 Å². The number of carbonyl (C=O) groups excluding carboxylic acids is 2. The van der Waals surface area contributed by atoms with Crippen molar-refractivity contribution in [1.29, 1.82) is 0 Å². The fourth-order valence-corrected chi connectivity index (χ4v) is 3.58. The van der Waals surface area contributed by atoms with Gasteiger partial charge in [0.1, 0.15) is 6.54 Å². The van der Waals surface area contributed by atoms with Crippen LogP contribution < -0.4 is 5.32 Å². The van der Waals surface area contributed by atoms with Crippen LogP contribution in [-0.4, -0.2) is 79.0 Å². The van der Waals surface area contributed by atoms with Gasteiger partial charge in [-0.25, -0.2) is 4.79 Å². The first-order chi connectivity index (χ1) is 12.1. The van der Waals surface area contributed by atoms with E-state index >= 15 is 0 Å². The zero-order chi connectivity index (χ0) is 17.6. The SMILES string of the molecule is CN1CCCC(NC(=O)N2CCN(CCc3ccccc3)C(=O)C2)C1. The second-order valence-electron chi connectivity index (χ2n) is 7.09. The van der Waals surface area contributed by atoms with Crippen LogP contribution in [0.2, 0.25) is 0 Å². The van der Waals surface area contributed by atoms with Crippen LogP contribution in [0.1, 0.15) is 18.4 Å². The Hall–Kier alpha value is -2.08. The molecule has 1 aromatic rings. The fourth-order valence-electron chi connectivity index (χ4n) is 3.58. The van der Waals surface area contributed by atoms with Crippen molar-refractivity contribution >= 4 is 11.9 Å². The average molecular weight is 344 g/mol. The molecular formula is C19H28N4O2. The zero-order valence-electron chi connectivity index (χ0n) is 15.0. The van der Waals surface area contributed by atoms with E-state index in [1.807, 2.05) is 23.1 Å². The van der Waals surface area contributed by atoms with Crippen molar-refractivity contribution in [3.63, 3.8) is 0 Å². The quantitative estimate of drug-likeness (QED) is 0.892. The summed E-state index contributed by atoms with van der Waals surface area (Å²) in [7, 11) is 2.08. The van der Waals surface area contributed by atoms with Crippen molar-refractivity contribution in [2.45, 2.75) is 25.3 Å². The fraction of sp³-hybridized carbons (Fsp3) is 0.579. The minimum atomic E-state index is -0.101. The molecule has 6 nitrogen and oxygen atoms in total. The molecule has 0 spiro atoms. The van der Waals surface area contributed by atoms with Crippen LogP contribution in [0.5, 0.6) is 0 Å². The van der Waals surface area contributed by atoms with Gasteiger partial charge in [0.05, 0.1) is 0 Å². The van der Waals surface area contributed by atoms with Gasteiger partial charge in [-0.15, -0.1) is 0 Å². The number of hydrogen-bond acceptors (Lipinski definition) is 3. The molecule has 2 aliphatic rings. The van der Waals surface area contributed by atoms with Crippen LogP contribution >= 0.6 is 0 Å². The number of nitrogens with zero attached hydrogens (tertiary/aromatic N) is 3. The highest BCUT2D eigenvalue weighted by molar-refractivity contribution is 5.85. The van der Waals surface area contributed by atoms with E-state index in [4.69, 9.17) is 0 Å². The van der Waals surface area contributed by atoms with Gasteiger partial charge < -0.3 is 20.0 Å². The molecule has 2 heterocycles. The van der Waals surface area contributed by atoms with Crippen molar-refractivity contribution in [2.24, 2.45) is 0 Å². The van der Waals surface area contributed by atoms with Crippen molar-refractivity contribution in [3.8, 4) is 0 Å². The summed E-state index contributed by atoms with van der Waals surface area (Å²) in [6.07, 6.45) is 2.97. The maximum absolute atomic E-state index is 12.4. The highest BCUT2D eigenvalue weighted by Crippen LogP contribution is 2.10. The van der Waals surface area contributed by atoms with Crippen molar-refractivity contribution in [3.05, 3.63) is 35.9 Å². The summed E-state index contributed by atoms with van der Waals surface area (Å²) in [5.74, 6) is 0.0399. The third-order valence-corrected chi connectivity index (χ3v) is 5.07. The second kappa shape index (κ2) is 8.34. The minimum absolute atomic E-state index is 0.0399. The predicted octanol–water partition coefficient (Wildman–Crippen LogP) is 1.18. The van der Waals surface area contributed by atoms with Crippen LogP contribution in [0.15, 0.2) is 30.3 Å². The molecule has 136 valence electrons. The maximum Gasteiger partial charge on any atom is 0.318 e. The smallest absolute Gasteiger partial charge is 0.318 e. The lowest BCUT2D eigenvalue weighted by Gasteiger charge is -2.36. The number of likely N-dealkylation sites (tertiary alicyclic amines) is 1. The molecule has 3 amide bonds. The third kappa shape index (κ3) is 4.95. The molecule has 2 aliphatic heterocycles. The first kappa shape index (κ1) is 17.7. The Balaban J connectivity index is 1.44. The van der Waals surface area contributed by atoms with E-state index in [2.05, 4.69) is 29.4 Å². The van der Waals surface area contributed by atoms with Crippen LogP contribution in [0, 0.1) is 0 Å². The van der Waals surface area contributed by atoms with E-state index in [1.165, 1.54) is 5.56 Å². The highest BCUT2D eigenvalue weighted by Gasteiger charge is 2.28. The monoisotopic (exact) mass is 344 g/mol. The zero-order valence-corrected chi connectivity index (χ0v) is 15.0. The Morgan fingerprint density at radius 3 is 2.72 bits per heavy atom. The number of carbonyl (C=O) groups is 2. The summed E-state index contributed by atoms with van der Waals surface area (Å²) in [6.45, 7) is 4.09. The summed E-state index contributed by atoms with van der Waals surface area (Å²) in [5, 5.41) is 3.09. The van der Waals surface area contributed by atoms with Gasteiger partial charge in [0.25, 0.3) is 0 Å². The Morgan fingerprint density at radius 2 is 2.00 bits per heavy atom. The maximum atomic E-state index is 12.4. The lowest BCUT2D eigenvalue weighted by Crippen LogP contribution is -2.57. The first-order valence-corrected chi connectivity index (χ1v) is 9.17. The minimum Gasteiger partial charge on any atom is -0.339 e. The molecular weight excluding hydrogens is 316 g/mol. The Bertz CT molecular complexity index is 592. The topological polar surface area (TPSA) is 55.9 Å². The van der Waals surface area contributed by atoms with E-state index < -0.39 is 0 Å². The van der Waals surface area contributed by atoms with Gasteiger partial charge in [0.15, 0.2) is 0 Å². The lowest BCUT2D eigenvalue weighted by atomic mass is 10.1. The van der Waals surface area contributed by atoms with Gasteiger partial charge in [0, 0.05) is 32.2 Å². The molecule has 0 radical (unpaired) electrons. The summed E-state index contributed by atoms with van der Waals surface area (Å²) >= 11 is 0. The van der Waals surface area contributed by atoms with Crippen molar-refractivity contribution in [2.75, 3.05) is 46.3 Å². The normalized spacial score (nSPS) is 22.1. The summed E-state index contributed by atoms with van der Waals surface area (Å²) < 4.78 is 0. The van der Waals surface area contributed by atoms with Gasteiger partial charge in [0.2, 0.25) is 5.91 Å². The largest absolute Gasteiger partial charge is 0.339 e. The number of hydrogen-bond donors (Lipinski definition) is 1. The van der Waals surface area contributed by atoms with Crippen LogP contribution in [-0.2, 0) is 11.2 Å². The lowest BCUT2D eigenvalue weighted by molar-refractivity contribution is -0.134. The Kier molecular flexibility index (Phi) is 5.91. The molecule has 3 rings (SSSR count). The van der Waals surface area contributed by atoms with Crippen LogP contribution in [0.4, 0.5) is 4.79 Å². The van der Waals surface area contributed by atoms with Gasteiger partial charge in [-0.3, -0.25) is 4.79 Å². The Labute approximate surface area is 149 Å². The Morgan fingerprint density at radius 1 is 1.20 bits per heavy atom. The first-order valence-electron chi connectivity index (χ1n) is 9.17. The van der Waals surface area contributed by atoms with E-state index in [-0.39, 0.29) is 24.5 Å². The third-order valence-electron chi connectivity index (χ3n) is 5.07. The second-order valence-corrected chi connectivity index (χ2v) is 7.09. The van der Waals surface area contributed by atoms with E-state index in [0.717, 1.165) is 32.4 Å². The number of rotatable bonds is 4. The molecule has 2 saturated heterocycles. The number of amides is 3. The number of piperidine rings is 1.